The molecule has 0 saturated heterocycles. The van der Waals surface area contributed by atoms with Gasteiger partial charge in [-0.15, -0.1) is 0 Å². The van der Waals surface area contributed by atoms with E-state index in [1.807, 2.05) is 33.0 Å². The Morgan fingerprint density at radius 3 is 2.67 bits per heavy atom. The Bertz CT molecular complexity index is 429. The molecule has 4 nitrogen and oxygen atoms in total. The van der Waals surface area contributed by atoms with Gasteiger partial charge in [0, 0.05) is 12.4 Å². The van der Waals surface area contributed by atoms with Crippen LogP contribution < -0.4 is 10.8 Å². The molecule has 0 radical (unpaired) electrons. The third-order valence-corrected chi connectivity index (χ3v) is 1.95. The van der Waals surface area contributed by atoms with Gasteiger partial charge in [0.15, 0.2) is 0 Å². The van der Waals surface area contributed by atoms with Crippen LogP contribution in [0.5, 0.6) is 0 Å². The summed E-state index contributed by atoms with van der Waals surface area (Å²) in [5.41, 5.74) is 1.17. The van der Waals surface area contributed by atoms with Crippen molar-refractivity contribution in [2.24, 2.45) is 0 Å². The predicted molar refractivity (Wildman–Crippen MR) is 62.5 cm³/mol. The van der Waals surface area contributed by atoms with Crippen LogP contribution in [0, 0.1) is 6.92 Å². The van der Waals surface area contributed by atoms with Crippen LogP contribution in [0.1, 0.15) is 5.82 Å². The van der Waals surface area contributed by atoms with Crippen LogP contribution in [0.4, 0.5) is 11.6 Å². The van der Waals surface area contributed by atoms with Crippen molar-refractivity contribution in [1.29, 1.82) is 0 Å². The molecule has 0 aliphatic carbocycles. The molecule has 0 aliphatic heterocycles. The summed E-state index contributed by atoms with van der Waals surface area (Å²) >= 11 is 0. The highest BCUT2D eigenvalue weighted by atomic mass is 15.1. The summed E-state index contributed by atoms with van der Waals surface area (Å²) in [6.07, 6.45) is 3.49. The van der Waals surface area contributed by atoms with E-state index in [1.54, 1.807) is 12.4 Å². The van der Waals surface area contributed by atoms with Crippen molar-refractivity contribution in [3.05, 3.63) is 36.4 Å². The third kappa shape index (κ3) is 2.52. The Kier molecular flexibility index (Phi) is 2.62. The number of nitrogens with one attached hydrogen (secondary N) is 1. The molecule has 0 fully saturated rings. The minimum atomic E-state index is 0.743. The summed E-state index contributed by atoms with van der Waals surface area (Å²) in [4.78, 5) is 12.5. The van der Waals surface area contributed by atoms with Gasteiger partial charge >= 0.3 is 0 Å². The first-order valence-electron chi connectivity index (χ1n) is 4.73. The standard InChI is InChI=1S/C10H11BN4/c1-7-12-5-3-9(14-7)15-10-6-8(11)2-4-13-10/h2-6H,11H2,1H3,(H,12,13,14,15). The zero-order valence-electron chi connectivity index (χ0n) is 8.73. The first kappa shape index (κ1) is 9.64. The number of hydrogen-bond acceptors (Lipinski definition) is 4. The Hall–Kier alpha value is -1.91. The molecule has 2 heterocycles. The average Bonchev–Trinajstić information content (AvgIpc) is 2.17. The van der Waals surface area contributed by atoms with Crippen molar-refractivity contribution in [3.63, 3.8) is 0 Å². The topological polar surface area (TPSA) is 50.7 Å². The number of nitrogens with zero attached hydrogens (tertiary/aromatic N) is 3. The number of pyridine rings is 1. The van der Waals surface area contributed by atoms with Gasteiger partial charge in [-0.05, 0) is 25.1 Å². The maximum absolute atomic E-state index is 4.24. The maximum Gasteiger partial charge on any atom is 0.139 e. The molecule has 0 spiro atoms. The summed E-state index contributed by atoms with van der Waals surface area (Å²) in [5, 5.41) is 3.12. The molecule has 0 saturated carbocycles. The van der Waals surface area contributed by atoms with Gasteiger partial charge in [0.25, 0.3) is 0 Å². The summed E-state index contributed by atoms with van der Waals surface area (Å²) < 4.78 is 0. The van der Waals surface area contributed by atoms with Crippen LogP contribution in [-0.2, 0) is 0 Å². The predicted octanol–water partition coefficient (Wildman–Crippen LogP) is 0.182. The molecule has 0 aliphatic rings. The first-order chi connectivity index (χ1) is 7.24. The number of rotatable bonds is 2. The normalized spacial score (nSPS) is 9.93. The van der Waals surface area contributed by atoms with Gasteiger partial charge in [-0.3, -0.25) is 0 Å². The van der Waals surface area contributed by atoms with Gasteiger partial charge in [-0.25, -0.2) is 15.0 Å². The molecule has 0 bridgehead atoms. The van der Waals surface area contributed by atoms with Crippen molar-refractivity contribution in [1.82, 2.24) is 15.0 Å². The third-order valence-electron chi connectivity index (χ3n) is 1.95. The van der Waals surface area contributed by atoms with E-state index in [-0.39, 0.29) is 0 Å². The second-order valence-electron chi connectivity index (χ2n) is 3.33. The molecule has 0 amide bonds. The van der Waals surface area contributed by atoms with Crippen molar-refractivity contribution >= 4 is 24.9 Å². The highest BCUT2D eigenvalue weighted by Crippen LogP contribution is 2.08. The maximum atomic E-state index is 4.24. The molecule has 2 aromatic rings. The Labute approximate surface area is 89.2 Å². The fourth-order valence-corrected chi connectivity index (χ4v) is 1.26. The van der Waals surface area contributed by atoms with Crippen LogP contribution in [0.25, 0.3) is 0 Å². The lowest BCUT2D eigenvalue weighted by molar-refractivity contribution is 1.05. The number of hydrogen-bond donors (Lipinski definition) is 1. The minimum Gasteiger partial charge on any atom is -0.325 e. The van der Waals surface area contributed by atoms with E-state index in [2.05, 4.69) is 20.3 Å². The molecule has 5 heteroatoms. The van der Waals surface area contributed by atoms with E-state index in [0.717, 1.165) is 17.5 Å². The Morgan fingerprint density at radius 1 is 1.13 bits per heavy atom. The van der Waals surface area contributed by atoms with Gasteiger partial charge in [0.1, 0.15) is 25.3 Å². The van der Waals surface area contributed by atoms with Gasteiger partial charge in [-0.2, -0.15) is 0 Å². The van der Waals surface area contributed by atoms with Gasteiger partial charge < -0.3 is 5.32 Å². The smallest absolute Gasteiger partial charge is 0.139 e. The van der Waals surface area contributed by atoms with E-state index in [9.17, 15) is 0 Å². The van der Waals surface area contributed by atoms with E-state index in [4.69, 9.17) is 0 Å². The lowest BCUT2D eigenvalue weighted by atomic mass is 9.98. The Morgan fingerprint density at radius 2 is 1.93 bits per heavy atom. The number of aromatic nitrogens is 3. The average molecular weight is 198 g/mol. The highest BCUT2D eigenvalue weighted by Gasteiger charge is 1.97. The zero-order valence-corrected chi connectivity index (χ0v) is 8.73. The fourth-order valence-electron chi connectivity index (χ4n) is 1.26. The van der Waals surface area contributed by atoms with Gasteiger partial charge in [-0.1, -0.05) is 5.46 Å². The second kappa shape index (κ2) is 4.08. The SMILES string of the molecule is Bc1ccnc(Nc2ccnc(C)n2)c1. The van der Waals surface area contributed by atoms with Crippen molar-refractivity contribution < 1.29 is 0 Å². The van der Waals surface area contributed by atoms with E-state index < -0.39 is 0 Å². The molecule has 2 aromatic heterocycles. The fraction of sp³-hybridized carbons (Fsp3) is 0.100. The summed E-state index contributed by atoms with van der Waals surface area (Å²) in [7, 11) is 2.03. The number of aryl methyl sites for hydroxylation is 1. The monoisotopic (exact) mass is 198 g/mol. The highest BCUT2D eigenvalue weighted by molar-refractivity contribution is 6.32. The molecular formula is C10H11BN4. The summed E-state index contributed by atoms with van der Waals surface area (Å²) in [6.45, 7) is 1.86. The first-order valence-corrected chi connectivity index (χ1v) is 4.73. The second-order valence-corrected chi connectivity index (χ2v) is 3.33. The zero-order chi connectivity index (χ0) is 10.7. The molecule has 0 atom stereocenters. The van der Waals surface area contributed by atoms with E-state index in [1.165, 1.54) is 5.46 Å². The lowest BCUT2D eigenvalue weighted by Crippen LogP contribution is -2.05. The number of anilines is 2. The quantitative estimate of drug-likeness (QED) is 0.699. The van der Waals surface area contributed by atoms with Crippen molar-refractivity contribution in [2.75, 3.05) is 5.32 Å². The summed E-state index contributed by atoms with van der Waals surface area (Å²) in [5.74, 6) is 2.31. The van der Waals surface area contributed by atoms with Crippen LogP contribution in [-0.4, -0.2) is 22.8 Å². The molecule has 2 rings (SSSR count). The largest absolute Gasteiger partial charge is 0.325 e. The van der Waals surface area contributed by atoms with E-state index >= 15 is 0 Å². The molecule has 1 N–H and O–H groups in total. The Balaban J connectivity index is 2.22. The van der Waals surface area contributed by atoms with Crippen molar-refractivity contribution in [3.8, 4) is 0 Å². The van der Waals surface area contributed by atoms with Crippen LogP contribution in [0.15, 0.2) is 30.6 Å². The van der Waals surface area contributed by atoms with Gasteiger partial charge in [0.2, 0.25) is 0 Å². The molecular weight excluding hydrogens is 187 g/mol. The summed E-state index contributed by atoms with van der Waals surface area (Å²) in [6, 6.07) is 5.74. The lowest BCUT2D eigenvalue weighted by Gasteiger charge is -2.05. The molecule has 0 unspecified atom stereocenters. The molecule has 74 valence electrons. The van der Waals surface area contributed by atoms with Crippen LogP contribution >= 0.6 is 0 Å². The van der Waals surface area contributed by atoms with E-state index in [0.29, 0.717) is 0 Å². The van der Waals surface area contributed by atoms with Crippen LogP contribution in [0.3, 0.4) is 0 Å². The van der Waals surface area contributed by atoms with Crippen molar-refractivity contribution in [2.45, 2.75) is 6.92 Å². The molecule has 0 aromatic carbocycles. The minimum absolute atomic E-state index is 0.743. The molecule has 15 heavy (non-hydrogen) atoms. The van der Waals surface area contributed by atoms with Crippen LogP contribution in [0.2, 0.25) is 0 Å². The van der Waals surface area contributed by atoms with Gasteiger partial charge in [0.05, 0.1) is 0 Å².